The summed E-state index contributed by atoms with van der Waals surface area (Å²) in [4.78, 5) is 37.5. The molecular weight excluding hydrogens is 356 g/mol. The Morgan fingerprint density at radius 1 is 1.08 bits per heavy atom. The van der Waals surface area contributed by atoms with E-state index in [1.54, 1.807) is 54.6 Å². The van der Waals surface area contributed by atoms with Crippen molar-refractivity contribution in [2.45, 2.75) is 6.04 Å². The molecule has 1 atom stereocenters. The number of nitrogens with zero attached hydrogens (tertiary/aromatic N) is 1. The highest BCUT2D eigenvalue weighted by atomic mass is 35.5. The van der Waals surface area contributed by atoms with Gasteiger partial charge >= 0.3 is 0 Å². The van der Waals surface area contributed by atoms with Gasteiger partial charge in [0.1, 0.15) is 12.3 Å². The summed E-state index contributed by atoms with van der Waals surface area (Å²) in [6, 6.07) is 14.0. The van der Waals surface area contributed by atoms with Crippen LogP contribution in [-0.4, -0.2) is 34.1 Å². The molecule has 132 valence electrons. The largest absolute Gasteiger partial charge is 0.507 e. The Labute approximate surface area is 154 Å². The Morgan fingerprint density at radius 2 is 1.69 bits per heavy atom. The van der Waals surface area contributed by atoms with Crippen molar-refractivity contribution in [3.05, 3.63) is 76.3 Å². The number of nitrogens with two attached hydrogens (primary N) is 1. The van der Waals surface area contributed by atoms with Gasteiger partial charge in [-0.1, -0.05) is 41.9 Å². The maximum Gasteiger partial charge on any atom is 0.296 e. The number of aliphatic hydroxyl groups is 1. The quantitative estimate of drug-likeness (QED) is 0.489. The van der Waals surface area contributed by atoms with Crippen LogP contribution in [0.15, 0.2) is 60.2 Å². The van der Waals surface area contributed by atoms with Crippen molar-refractivity contribution in [3.63, 3.8) is 0 Å². The van der Waals surface area contributed by atoms with E-state index in [0.717, 1.165) is 4.90 Å². The number of aliphatic hydroxyl groups excluding tert-OH is 1. The zero-order valence-electron chi connectivity index (χ0n) is 13.6. The Kier molecular flexibility index (Phi) is 4.77. The van der Waals surface area contributed by atoms with Crippen molar-refractivity contribution in [3.8, 4) is 0 Å². The lowest BCUT2D eigenvalue weighted by Crippen LogP contribution is -2.37. The molecule has 0 aliphatic carbocycles. The lowest BCUT2D eigenvalue weighted by molar-refractivity contribution is -0.141. The van der Waals surface area contributed by atoms with E-state index >= 15 is 0 Å². The standard InChI is InChI=1S/C19H15ClN2O4/c20-13-8-6-12(7-9-13)17(24)15-16(11-4-2-1-3-5-11)22(10-14(21)23)19(26)18(15)25/h1-9,16,24H,10H2,(H2,21,23). The van der Waals surface area contributed by atoms with Crippen LogP contribution in [0.2, 0.25) is 5.02 Å². The predicted octanol–water partition coefficient (Wildman–Crippen LogP) is 2.25. The third kappa shape index (κ3) is 3.19. The van der Waals surface area contributed by atoms with Gasteiger partial charge in [0.25, 0.3) is 11.7 Å². The lowest BCUT2D eigenvalue weighted by Gasteiger charge is -2.24. The van der Waals surface area contributed by atoms with Crippen LogP contribution in [-0.2, 0) is 14.4 Å². The fourth-order valence-electron chi connectivity index (χ4n) is 2.96. The van der Waals surface area contributed by atoms with Crippen LogP contribution in [0.5, 0.6) is 0 Å². The second-order valence-corrected chi connectivity index (χ2v) is 6.25. The molecule has 2 aromatic rings. The van der Waals surface area contributed by atoms with Crippen molar-refractivity contribution in [2.24, 2.45) is 5.73 Å². The molecule has 1 aliphatic heterocycles. The molecule has 1 heterocycles. The molecule has 0 saturated carbocycles. The maximum absolute atomic E-state index is 12.6. The summed E-state index contributed by atoms with van der Waals surface area (Å²) in [5, 5.41) is 11.2. The molecule has 2 amide bonds. The highest BCUT2D eigenvalue weighted by Gasteiger charge is 2.46. The molecule has 3 rings (SSSR count). The number of carbonyl (C=O) groups excluding carboxylic acids is 3. The molecule has 0 radical (unpaired) electrons. The van der Waals surface area contributed by atoms with Crippen molar-refractivity contribution in [1.29, 1.82) is 0 Å². The number of hydrogen-bond donors (Lipinski definition) is 2. The molecule has 0 aromatic heterocycles. The Morgan fingerprint density at radius 3 is 2.27 bits per heavy atom. The van der Waals surface area contributed by atoms with Crippen molar-refractivity contribution in [1.82, 2.24) is 4.90 Å². The summed E-state index contributed by atoms with van der Waals surface area (Å²) in [5.41, 5.74) is 6.07. The molecule has 0 bridgehead atoms. The van der Waals surface area contributed by atoms with Gasteiger partial charge in [-0.15, -0.1) is 0 Å². The SMILES string of the molecule is NC(=O)CN1C(=O)C(=O)C(=C(O)c2ccc(Cl)cc2)C1c1ccccc1. The van der Waals surface area contributed by atoms with Gasteiger partial charge < -0.3 is 15.7 Å². The fraction of sp³-hybridized carbons (Fsp3) is 0.105. The molecule has 0 spiro atoms. The molecule has 26 heavy (non-hydrogen) atoms. The number of ketones is 1. The van der Waals surface area contributed by atoms with E-state index < -0.39 is 30.2 Å². The van der Waals surface area contributed by atoms with Gasteiger partial charge in [0.2, 0.25) is 5.91 Å². The Balaban J connectivity index is 2.18. The van der Waals surface area contributed by atoms with Crippen LogP contribution in [0.1, 0.15) is 17.2 Å². The average Bonchev–Trinajstić information content (AvgIpc) is 2.87. The monoisotopic (exact) mass is 370 g/mol. The van der Waals surface area contributed by atoms with E-state index in [-0.39, 0.29) is 11.3 Å². The molecule has 1 fully saturated rings. The minimum Gasteiger partial charge on any atom is -0.507 e. The molecule has 2 aromatic carbocycles. The van der Waals surface area contributed by atoms with Crippen LogP contribution in [0.25, 0.3) is 5.76 Å². The number of benzene rings is 2. The van der Waals surface area contributed by atoms with Crippen LogP contribution >= 0.6 is 11.6 Å². The number of likely N-dealkylation sites (tertiary alicyclic amines) is 1. The minimum absolute atomic E-state index is 0.0928. The number of Topliss-reactive ketones (excluding diaryl/α,β-unsaturated/α-hetero) is 1. The second-order valence-electron chi connectivity index (χ2n) is 5.81. The highest BCUT2D eigenvalue weighted by molar-refractivity contribution is 6.47. The number of carbonyl (C=O) groups is 3. The third-order valence-electron chi connectivity index (χ3n) is 4.10. The fourth-order valence-corrected chi connectivity index (χ4v) is 3.08. The summed E-state index contributed by atoms with van der Waals surface area (Å²) in [6.45, 7) is -0.429. The predicted molar refractivity (Wildman–Crippen MR) is 96.1 cm³/mol. The van der Waals surface area contributed by atoms with E-state index in [1.165, 1.54) is 0 Å². The number of rotatable bonds is 4. The first kappa shape index (κ1) is 17.7. The zero-order chi connectivity index (χ0) is 18.8. The van der Waals surface area contributed by atoms with Gasteiger partial charge in [-0.05, 0) is 29.8 Å². The van der Waals surface area contributed by atoms with Gasteiger partial charge in [0, 0.05) is 10.6 Å². The Bertz CT molecular complexity index is 907. The van der Waals surface area contributed by atoms with Gasteiger partial charge in [-0.3, -0.25) is 14.4 Å². The van der Waals surface area contributed by atoms with Crippen molar-refractivity contribution in [2.75, 3.05) is 6.54 Å². The summed E-state index contributed by atoms with van der Waals surface area (Å²) < 4.78 is 0. The van der Waals surface area contributed by atoms with E-state index in [1.807, 2.05) is 0 Å². The zero-order valence-corrected chi connectivity index (χ0v) is 14.3. The molecule has 6 nitrogen and oxygen atoms in total. The molecule has 1 aliphatic rings. The number of primary amides is 1. The van der Waals surface area contributed by atoms with E-state index in [0.29, 0.717) is 16.1 Å². The number of amides is 2. The summed E-state index contributed by atoms with van der Waals surface area (Å²) >= 11 is 5.85. The topological polar surface area (TPSA) is 101 Å². The Hall–Kier alpha value is -3.12. The molecule has 7 heteroatoms. The van der Waals surface area contributed by atoms with E-state index in [4.69, 9.17) is 17.3 Å². The van der Waals surface area contributed by atoms with Crippen LogP contribution in [0.3, 0.4) is 0 Å². The van der Waals surface area contributed by atoms with Gasteiger partial charge in [-0.25, -0.2) is 0 Å². The normalized spacial score (nSPS) is 19.0. The van der Waals surface area contributed by atoms with Gasteiger partial charge in [0.15, 0.2) is 0 Å². The molecule has 3 N–H and O–H groups in total. The van der Waals surface area contributed by atoms with Crippen molar-refractivity contribution < 1.29 is 19.5 Å². The molecular formula is C19H15ClN2O4. The van der Waals surface area contributed by atoms with Crippen LogP contribution < -0.4 is 5.73 Å². The van der Waals surface area contributed by atoms with Crippen LogP contribution in [0.4, 0.5) is 0 Å². The first-order valence-electron chi connectivity index (χ1n) is 7.77. The minimum atomic E-state index is -0.903. The molecule has 1 saturated heterocycles. The first-order valence-corrected chi connectivity index (χ1v) is 8.15. The maximum atomic E-state index is 12.6. The highest BCUT2D eigenvalue weighted by Crippen LogP contribution is 2.39. The number of hydrogen-bond acceptors (Lipinski definition) is 4. The van der Waals surface area contributed by atoms with Crippen LogP contribution in [0, 0.1) is 0 Å². The smallest absolute Gasteiger partial charge is 0.296 e. The van der Waals surface area contributed by atoms with E-state index in [2.05, 4.69) is 0 Å². The molecule has 1 unspecified atom stereocenters. The van der Waals surface area contributed by atoms with Gasteiger partial charge in [0.05, 0.1) is 11.6 Å². The number of halogens is 1. The van der Waals surface area contributed by atoms with Gasteiger partial charge in [-0.2, -0.15) is 0 Å². The second kappa shape index (κ2) is 7.01. The van der Waals surface area contributed by atoms with Crippen molar-refractivity contribution >= 4 is 35.0 Å². The summed E-state index contributed by atoms with van der Waals surface area (Å²) in [7, 11) is 0. The van der Waals surface area contributed by atoms with E-state index in [9.17, 15) is 19.5 Å². The summed E-state index contributed by atoms with van der Waals surface area (Å²) in [6.07, 6.45) is 0. The average molecular weight is 371 g/mol. The summed E-state index contributed by atoms with van der Waals surface area (Å²) in [5.74, 6) is -2.83. The third-order valence-corrected chi connectivity index (χ3v) is 4.35. The lowest BCUT2D eigenvalue weighted by atomic mass is 9.95. The first-order chi connectivity index (χ1) is 12.4.